The van der Waals surface area contributed by atoms with Crippen molar-refractivity contribution in [2.24, 2.45) is 0 Å². The summed E-state index contributed by atoms with van der Waals surface area (Å²) in [6, 6.07) is 27.9. The van der Waals surface area contributed by atoms with E-state index in [1.165, 1.54) is 0 Å². The van der Waals surface area contributed by atoms with Gasteiger partial charge in [0.1, 0.15) is 7.14 Å². The lowest BCUT2D eigenvalue weighted by Crippen LogP contribution is -2.02. The van der Waals surface area contributed by atoms with E-state index in [2.05, 4.69) is 0 Å². The molecule has 1 heterocycles. The Morgan fingerprint density at radius 2 is 1.18 bits per heavy atom. The van der Waals surface area contributed by atoms with Crippen molar-refractivity contribution in [2.75, 3.05) is 13.3 Å². The molecule has 4 aromatic rings. The Balaban J connectivity index is 1.88. The highest BCUT2D eigenvalue weighted by molar-refractivity contribution is 7.70. The molecule has 138 valence electrons. The average molecular weight is 384 g/mol. The van der Waals surface area contributed by atoms with Gasteiger partial charge in [-0.1, -0.05) is 84.9 Å². The van der Waals surface area contributed by atoms with E-state index in [1.807, 2.05) is 91.1 Å². The van der Waals surface area contributed by atoms with Crippen LogP contribution in [0.3, 0.4) is 0 Å². The number of rotatable bonds is 4. The van der Waals surface area contributed by atoms with Crippen LogP contribution in [0.2, 0.25) is 0 Å². The van der Waals surface area contributed by atoms with E-state index in [0.29, 0.717) is 0 Å². The zero-order valence-electron chi connectivity index (χ0n) is 15.9. The van der Waals surface area contributed by atoms with E-state index in [0.717, 1.165) is 39.1 Å². The molecule has 0 amide bonds. The third-order valence-corrected chi connectivity index (χ3v) is 6.19. The quantitative estimate of drug-likeness (QED) is 0.422. The molecule has 3 aromatic carbocycles. The Hall–Kier alpha value is -3.03. The molecule has 0 atom stereocenters. The number of hydrogen-bond donors (Lipinski definition) is 0. The molecule has 0 saturated carbocycles. The van der Waals surface area contributed by atoms with Gasteiger partial charge in [0.25, 0.3) is 0 Å². The van der Waals surface area contributed by atoms with Crippen LogP contribution in [-0.4, -0.2) is 23.3 Å². The van der Waals surface area contributed by atoms with Gasteiger partial charge in [-0.3, -0.25) is 4.98 Å². The summed E-state index contributed by atoms with van der Waals surface area (Å²) in [4.78, 5) is 9.71. The van der Waals surface area contributed by atoms with Crippen molar-refractivity contribution in [1.29, 1.82) is 0 Å². The van der Waals surface area contributed by atoms with Gasteiger partial charge in [0.05, 0.1) is 23.3 Å². The first-order valence-corrected chi connectivity index (χ1v) is 11.8. The molecule has 1 aromatic heterocycles. The van der Waals surface area contributed by atoms with Gasteiger partial charge in [-0.05, 0) is 13.3 Å². The van der Waals surface area contributed by atoms with E-state index in [4.69, 9.17) is 9.97 Å². The van der Waals surface area contributed by atoms with Crippen molar-refractivity contribution < 1.29 is 4.57 Å². The highest BCUT2D eigenvalue weighted by Crippen LogP contribution is 2.36. The predicted octanol–water partition coefficient (Wildman–Crippen LogP) is 5.73. The SMILES string of the molecule is CP(C)(=O)c1ccc(-c2nc(-c3ccccc3)cnc2-c2ccccc2)cc1. The smallest absolute Gasteiger partial charge is 0.109 e. The number of aromatic nitrogens is 2. The fraction of sp³-hybridized carbons (Fsp3) is 0.0833. The van der Waals surface area contributed by atoms with Crippen LogP contribution in [0.5, 0.6) is 0 Å². The fourth-order valence-electron chi connectivity index (χ4n) is 3.12. The summed E-state index contributed by atoms with van der Waals surface area (Å²) in [5.41, 5.74) is 5.49. The van der Waals surface area contributed by atoms with Crippen LogP contribution in [0, 0.1) is 0 Å². The second-order valence-corrected chi connectivity index (χ2v) is 10.3. The highest BCUT2D eigenvalue weighted by Gasteiger charge is 2.15. The van der Waals surface area contributed by atoms with Crippen LogP contribution in [0.1, 0.15) is 0 Å². The van der Waals surface area contributed by atoms with Crippen LogP contribution in [0.4, 0.5) is 0 Å². The zero-order chi connectivity index (χ0) is 19.6. The minimum absolute atomic E-state index is 0.821. The van der Waals surface area contributed by atoms with Gasteiger partial charge >= 0.3 is 0 Å². The second kappa shape index (κ2) is 7.53. The van der Waals surface area contributed by atoms with Crippen molar-refractivity contribution in [1.82, 2.24) is 9.97 Å². The first-order chi connectivity index (χ1) is 13.5. The molecule has 28 heavy (non-hydrogen) atoms. The molecular formula is C24H21N2OP. The Labute approximate surface area is 165 Å². The van der Waals surface area contributed by atoms with Gasteiger partial charge in [0.2, 0.25) is 0 Å². The van der Waals surface area contributed by atoms with E-state index in [9.17, 15) is 4.57 Å². The van der Waals surface area contributed by atoms with Crippen LogP contribution in [-0.2, 0) is 4.57 Å². The minimum Gasteiger partial charge on any atom is -0.319 e. The summed E-state index contributed by atoms with van der Waals surface area (Å²) in [5, 5.41) is 0.865. The Morgan fingerprint density at radius 3 is 1.75 bits per heavy atom. The van der Waals surface area contributed by atoms with Crippen LogP contribution in [0.25, 0.3) is 33.8 Å². The van der Waals surface area contributed by atoms with Gasteiger partial charge in [0.15, 0.2) is 0 Å². The van der Waals surface area contributed by atoms with Crippen molar-refractivity contribution >= 4 is 12.4 Å². The lowest BCUT2D eigenvalue weighted by atomic mass is 10.0. The van der Waals surface area contributed by atoms with Crippen molar-refractivity contribution in [3.8, 4) is 33.8 Å². The first kappa shape index (κ1) is 18.3. The summed E-state index contributed by atoms with van der Waals surface area (Å²) in [5.74, 6) is 0. The second-order valence-electron chi connectivity index (χ2n) is 7.08. The normalized spacial score (nSPS) is 11.4. The summed E-state index contributed by atoms with van der Waals surface area (Å²) < 4.78 is 12.4. The number of nitrogens with zero attached hydrogens (tertiary/aromatic N) is 2. The lowest BCUT2D eigenvalue weighted by molar-refractivity contribution is 0.588. The van der Waals surface area contributed by atoms with Crippen LogP contribution < -0.4 is 5.30 Å². The molecule has 0 bridgehead atoms. The molecule has 0 N–H and O–H groups in total. The van der Waals surface area contributed by atoms with E-state index >= 15 is 0 Å². The Bertz CT molecular complexity index is 1130. The third-order valence-electron chi connectivity index (χ3n) is 4.65. The molecule has 4 heteroatoms. The molecule has 0 aliphatic carbocycles. The topological polar surface area (TPSA) is 42.9 Å². The molecule has 0 saturated heterocycles. The van der Waals surface area contributed by atoms with Gasteiger partial charge in [-0.15, -0.1) is 0 Å². The molecule has 0 fully saturated rings. The standard InChI is InChI=1S/C24H21N2OP/c1-28(2,27)21-15-13-20(14-16-21)24-23(19-11-7-4-8-12-19)25-17-22(26-24)18-9-5-3-6-10-18/h3-17H,1-2H3. The summed E-state index contributed by atoms with van der Waals surface area (Å²) in [6.07, 6.45) is 1.82. The molecular weight excluding hydrogens is 363 g/mol. The van der Waals surface area contributed by atoms with Crippen molar-refractivity contribution in [3.05, 3.63) is 91.1 Å². The molecule has 0 aliphatic rings. The lowest BCUT2D eigenvalue weighted by Gasteiger charge is -2.12. The maximum absolute atomic E-state index is 12.4. The third kappa shape index (κ3) is 3.81. The van der Waals surface area contributed by atoms with E-state index in [1.54, 1.807) is 13.3 Å². The van der Waals surface area contributed by atoms with E-state index in [-0.39, 0.29) is 0 Å². The van der Waals surface area contributed by atoms with Gasteiger partial charge in [-0.2, -0.15) is 0 Å². The molecule has 0 aliphatic heterocycles. The number of benzene rings is 3. The largest absolute Gasteiger partial charge is 0.319 e. The maximum atomic E-state index is 12.4. The molecule has 0 unspecified atom stereocenters. The molecule has 0 radical (unpaired) electrons. The van der Waals surface area contributed by atoms with Crippen LogP contribution in [0.15, 0.2) is 91.1 Å². The summed E-state index contributed by atoms with van der Waals surface area (Å²) >= 11 is 0. The molecule has 3 nitrogen and oxygen atoms in total. The molecule has 0 spiro atoms. The van der Waals surface area contributed by atoms with Gasteiger partial charge < -0.3 is 4.57 Å². The van der Waals surface area contributed by atoms with Gasteiger partial charge in [-0.25, -0.2) is 4.98 Å². The van der Waals surface area contributed by atoms with Gasteiger partial charge in [0, 0.05) is 22.0 Å². The predicted molar refractivity (Wildman–Crippen MR) is 117 cm³/mol. The summed E-state index contributed by atoms with van der Waals surface area (Å²) in [7, 11) is -2.29. The fourth-order valence-corrected chi connectivity index (χ4v) is 3.99. The Kier molecular flexibility index (Phi) is 4.93. The van der Waals surface area contributed by atoms with Crippen molar-refractivity contribution in [3.63, 3.8) is 0 Å². The minimum atomic E-state index is -2.29. The molecule has 4 rings (SSSR count). The van der Waals surface area contributed by atoms with Crippen LogP contribution >= 0.6 is 7.14 Å². The zero-order valence-corrected chi connectivity index (χ0v) is 16.8. The Morgan fingerprint density at radius 1 is 0.643 bits per heavy atom. The van der Waals surface area contributed by atoms with E-state index < -0.39 is 7.14 Å². The van der Waals surface area contributed by atoms with Crippen molar-refractivity contribution in [2.45, 2.75) is 0 Å². The monoisotopic (exact) mass is 384 g/mol. The summed E-state index contributed by atoms with van der Waals surface area (Å²) in [6.45, 7) is 3.57. The first-order valence-electron chi connectivity index (χ1n) is 9.16. The average Bonchev–Trinajstić information content (AvgIpc) is 2.74. The highest BCUT2D eigenvalue weighted by atomic mass is 31.2. The number of hydrogen-bond acceptors (Lipinski definition) is 3. The maximum Gasteiger partial charge on any atom is 0.109 e.